The van der Waals surface area contributed by atoms with Crippen LogP contribution >= 0.6 is 0 Å². The van der Waals surface area contributed by atoms with E-state index in [1.807, 2.05) is 0 Å². The van der Waals surface area contributed by atoms with Gasteiger partial charge < -0.3 is 9.64 Å². The number of aryl methyl sites for hydroxylation is 1. The second kappa shape index (κ2) is 11.3. The van der Waals surface area contributed by atoms with E-state index in [1.54, 1.807) is 45.0 Å². The highest BCUT2D eigenvalue weighted by atomic mass is 16.6. The number of likely N-dealkylation sites (tertiary alicyclic amines) is 1. The lowest BCUT2D eigenvalue weighted by molar-refractivity contribution is -0.127. The first-order valence-electron chi connectivity index (χ1n) is 12.2. The highest BCUT2D eigenvalue weighted by Crippen LogP contribution is 2.19. The maximum Gasteiger partial charge on any atom is 0.410 e. The topological polar surface area (TPSA) is 123 Å². The van der Waals surface area contributed by atoms with Crippen molar-refractivity contribution in [1.82, 2.24) is 25.5 Å². The van der Waals surface area contributed by atoms with Crippen LogP contribution in [0.4, 0.5) is 4.79 Å². The molecule has 1 atom stereocenters. The van der Waals surface area contributed by atoms with Crippen molar-refractivity contribution >= 4 is 28.7 Å². The SMILES string of the molecule is CCCCCn1nc(C(=O)NNC(=O)C2CCCN(C(=O)OC(C)(C)C)C2)c2ccccc2c1=O. The molecule has 2 aromatic rings. The van der Waals surface area contributed by atoms with Gasteiger partial charge in [-0.3, -0.25) is 25.2 Å². The number of fused-ring (bicyclic) bond motifs is 1. The summed E-state index contributed by atoms with van der Waals surface area (Å²) >= 11 is 0. The van der Waals surface area contributed by atoms with E-state index in [-0.39, 0.29) is 17.8 Å². The fourth-order valence-electron chi connectivity index (χ4n) is 4.03. The van der Waals surface area contributed by atoms with Gasteiger partial charge in [0.1, 0.15) is 5.60 Å². The summed E-state index contributed by atoms with van der Waals surface area (Å²) < 4.78 is 6.72. The molecule has 3 rings (SSSR count). The molecule has 2 heterocycles. The van der Waals surface area contributed by atoms with Gasteiger partial charge in [0, 0.05) is 25.0 Å². The van der Waals surface area contributed by atoms with Crippen LogP contribution < -0.4 is 16.4 Å². The Labute approximate surface area is 205 Å². The van der Waals surface area contributed by atoms with E-state index in [0.29, 0.717) is 36.7 Å². The number of nitrogens with zero attached hydrogens (tertiary/aromatic N) is 3. The van der Waals surface area contributed by atoms with Gasteiger partial charge >= 0.3 is 6.09 Å². The van der Waals surface area contributed by atoms with Crippen LogP contribution in [0.25, 0.3) is 10.8 Å². The summed E-state index contributed by atoms with van der Waals surface area (Å²) in [5.74, 6) is -1.49. The number of aromatic nitrogens is 2. The monoisotopic (exact) mass is 485 g/mol. The number of hydrogen-bond donors (Lipinski definition) is 2. The lowest BCUT2D eigenvalue weighted by atomic mass is 9.98. The largest absolute Gasteiger partial charge is 0.444 e. The number of unbranched alkanes of at least 4 members (excludes halogenated alkanes) is 2. The van der Waals surface area contributed by atoms with Crippen molar-refractivity contribution < 1.29 is 19.1 Å². The Morgan fingerprint density at radius 1 is 1.11 bits per heavy atom. The van der Waals surface area contributed by atoms with E-state index in [0.717, 1.165) is 19.3 Å². The predicted octanol–water partition coefficient (Wildman–Crippen LogP) is 2.99. The summed E-state index contributed by atoms with van der Waals surface area (Å²) in [6, 6.07) is 6.80. The summed E-state index contributed by atoms with van der Waals surface area (Å²) in [5, 5.41) is 5.12. The first-order chi connectivity index (χ1) is 16.6. The average molecular weight is 486 g/mol. The lowest BCUT2D eigenvalue weighted by Crippen LogP contribution is -2.51. The average Bonchev–Trinajstić information content (AvgIpc) is 2.83. The molecule has 2 N–H and O–H groups in total. The number of ether oxygens (including phenoxy) is 1. The normalized spacial score (nSPS) is 16.1. The fraction of sp³-hybridized carbons (Fsp3) is 0.560. The van der Waals surface area contributed by atoms with Gasteiger partial charge in [0.05, 0.1) is 11.3 Å². The minimum Gasteiger partial charge on any atom is -0.444 e. The molecule has 1 unspecified atom stereocenters. The van der Waals surface area contributed by atoms with Crippen molar-refractivity contribution in [3.05, 3.63) is 40.3 Å². The third-order valence-electron chi connectivity index (χ3n) is 5.80. The molecule has 1 saturated heterocycles. The molecular weight excluding hydrogens is 450 g/mol. The van der Waals surface area contributed by atoms with Crippen molar-refractivity contribution in [3.63, 3.8) is 0 Å². The van der Waals surface area contributed by atoms with Crippen LogP contribution in [0.1, 0.15) is 70.3 Å². The molecular formula is C25H35N5O5. The van der Waals surface area contributed by atoms with Crippen molar-refractivity contribution in [3.8, 4) is 0 Å². The number of rotatable bonds is 6. The minimum atomic E-state index is -0.622. The molecule has 1 aliphatic heterocycles. The number of hydrogen-bond acceptors (Lipinski definition) is 6. The van der Waals surface area contributed by atoms with Crippen LogP contribution in [0.2, 0.25) is 0 Å². The van der Waals surface area contributed by atoms with E-state index >= 15 is 0 Å². The summed E-state index contributed by atoms with van der Waals surface area (Å²) in [5.41, 5.74) is 4.09. The van der Waals surface area contributed by atoms with Gasteiger partial charge in [-0.05, 0) is 46.1 Å². The van der Waals surface area contributed by atoms with Crippen molar-refractivity contribution in [2.24, 2.45) is 5.92 Å². The van der Waals surface area contributed by atoms with E-state index in [4.69, 9.17) is 4.74 Å². The first kappa shape index (κ1) is 26.2. The van der Waals surface area contributed by atoms with E-state index in [1.165, 1.54) is 9.58 Å². The van der Waals surface area contributed by atoms with Gasteiger partial charge in [0.15, 0.2) is 5.69 Å². The summed E-state index contributed by atoms with van der Waals surface area (Å²) in [7, 11) is 0. The summed E-state index contributed by atoms with van der Waals surface area (Å²) in [6.45, 7) is 8.57. The van der Waals surface area contributed by atoms with Crippen LogP contribution in [0.5, 0.6) is 0 Å². The number of nitrogens with one attached hydrogen (secondary N) is 2. The molecule has 0 radical (unpaired) electrons. The van der Waals surface area contributed by atoms with Crippen molar-refractivity contribution in [1.29, 1.82) is 0 Å². The Bertz CT molecular complexity index is 1140. The number of carbonyl (C=O) groups excluding carboxylic acids is 3. The highest BCUT2D eigenvalue weighted by Gasteiger charge is 2.31. The van der Waals surface area contributed by atoms with Gasteiger partial charge in [-0.15, -0.1) is 0 Å². The highest BCUT2D eigenvalue weighted by molar-refractivity contribution is 6.05. The number of piperidine rings is 1. The minimum absolute atomic E-state index is 0.0658. The zero-order valence-electron chi connectivity index (χ0n) is 20.9. The first-order valence-corrected chi connectivity index (χ1v) is 12.2. The molecule has 1 aromatic heterocycles. The molecule has 35 heavy (non-hydrogen) atoms. The smallest absolute Gasteiger partial charge is 0.410 e. The summed E-state index contributed by atoms with van der Waals surface area (Å²) in [6.07, 6.45) is 3.49. The van der Waals surface area contributed by atoms with E-state index < -0.39 is 29.4 Å². The Kier molecular flexibility index (Phi) is 8.48. The van der Waals surface area contributed by atoms with E-state index in [9.17, 15) is 19.2 Å². The number of amides is 3. The number of carbonyl (C=O) groups is 3. The molecule has 190 valence electrons. The molecule has 3 amide bonds. The zero-order valence-corrected chi connectivity index (χ0v) is 20.9. The molecule has 1 fully saturated rings. The van der Waals surface area contributed by atoms with Crippen LogP contribution in [-0.4, -0.2) is 51.3 Å². The second-order valence-electron chi connectivity index (χ2n) is 9.84. The maximum absolute atomic E-state index is 13.0. The standard InChI is InChI=1S/C25H35N5O5/c1-5-6-9-15-30-23(33)19-13-8-7-12-18(19)20(28-30)22(32)27-26-21(31)17-11-10-14-29(16-17)24(34)35-25(2,3)4/h7-8,12-13,17H,5-6,9-11,14-16H2,1-4H3,(H,26,31)(H,27,32). The van der Waals surface area contributed by atoms with Gasteiger partial charge in [-0.2, -0.15) is 5.10 Å². The molecule has 0 bridgehead atoms. The van der Waals surface area contributed by atoms with Crippen molar-refractivity contribution in [2.45, 2.75) is 71.9 Å². The Balaban J connectivity index is 1.69. The molecule has 1 aliphatic rings. The summed E-state index contributed by atoms with van der Waals surface area (Å²) in [4.78, 5) is 52.4. The number of benzene rings is 1. The Morgan fingerprint density at radius 2 is 1.83 bits per heavy atom. The Hall–Kier alpha value is -3.43. The predicted molar refractivity (Wildman–Crippen MR) is 132 cm³/mol. The van der Waals surface area contributed by atoms with E-state index in [2.05, 4.69) is 22.9 Å². The molecule has 0 saturated carbocycles. The van der Waals surface area contributed by atoms with Crippen LogP contribution in [-0.2, 0) is 16.1 Å². The van der Waals surface area contributed by atoms with Gasteiger partial charge in [-0.25, -0.2) is 9.48 Å². The number of hydrazine groups is 1. The van der Waals surface area contributed by atoms with Gasteiger partial charge in [0.25, 0.3) is 11.5 Å². The van der Waals surface area contributed by atoms with Crippen LogP contribution in [0, 0.1) is 5.92 Å². The molecule has 1 aromatic carbocycles. The van der Waals surface area contributed by atoms with Gasteiger partial charge in [-0.1, -0.05) is 38.0 Å². The maximum atomic E-state index is 13.0. The Morgan fingerprint density at radius 3 is 2.51 bits per heavy atom. The third kappa shape index (κ3) is 6.80. The van der Waals surface area contributed by atoms with Gasteiger partial charge in [0.2, 0.25) is 5.91 Å². The quantitative estimate of drug-likeness (QED) is 0.479. The molecule has 10 heteroatoms. The van der Waals surface area contributed by atoms with Crippen molar-refractivity contribution in [2.75, 3.05) is 13.1 Å². The second-order valence-corrected chi connectivity index (χ2v) is 9.84. The molecule has 0 aliphatic carbocycles. The molecule has 0 spiro atoms. The fourth-order valence-corrected chi connectivity index (χ4v) is 4.03. The lowest BCUT2D eigenvalue weighted by Gasteiger charge is -2.33. The molecule has 10 nitrogen and oxygen atoms in total. The van der Waals surface area contributed by atoms with Crippen LogP contribution in [0.15, 0.2) is 29.1 Å². The van der Waals surface area contributed by atoms with Crippen LogP contribution in [0.3, 0.4) is 0 Å². The third-order valence-corrected chi connectivity index (χ3v) is 5.80. The zero-order chi connectivity index (χ0) is 25.6.